The molecule has 1 amide bonds. The Morgan fingerprint density at radius 3 is 2.73 bits per heavy atom. The molecule has 0 spiro atoms. The Labute approximate surface area is 147 Å². The number of hydrogen-bond acceptors (Lipinski definition) is 4. The highest BCUT2D eigenvalue weighted by Gasteiger charge is 2.13. The number of nitrogens with one attached hydrogen (secondary N) is 3. The number of aromatic nitrogens is 5. The molecule has 2 aromatic carbocycles. The van der Waals surface area contributed by atoms with Gasteiger partial charge in [0.15, 0.2) is 0 Å². The van der Waals surface area contributed by atoms with E-state index in [0.717, 1.165) is 22.5 Å². The number of aryl methyl sites for hydroxylation is 1. The lowest BCUT2D eigenvalue weighted by molar-refractivity contribution is 0.0950. The van der Waals surface area contributed by atoms with E-state index in [1.54, 1.807) is 12.1 Å². The van der Waals surface area contributed by atoms with Crippen molar-refractivity contribution in [3.05, 3.63) is 76.2 Å². The highest BCUT2D eigenvalue weighted by molar-refractivity contribution is 5.97. The average molecular weight is 348 g/mol. The van der Waals surface area contributed by atoms with Gasteiger partial charge in [-0.3, -0.25) is 14.3 Å². The Balaban J connectivity index is 1.62. The third-order valence-corrected chi connectivity index (χ3v) is 4.07. The van der Waals surface area contributed by atoms with Gasteiger partial charge in [0.25, 0.3) is 5.91 Å². The number of fused-ring (bicyclic) bond motifs is 1. The number of benzene rings is 2. The topological polar surface area (TPSA) is 108 Å². The van der Waals surface area contributed by atoms with Gasteiger partial charge >= 0.3 is 5.69 Å². The Kier molecular flexibility index (Phi) is 3.85. The Hall–Kier alpha value is -3.68. The van der Waals surface area contributed by atoms with Crippen LogP contribution < -0.4 is 11.0 Å². The van der Waals surface area contributed by atoms with Crippen molar-refractivity contribution in [2.75, 3.05) is 0 Å². The van der Waals surface area contributed by atoms with Crippen molar-refractivity contribution in [3.63, 3.8) is 0 Å². The monoisotopic (exact) mass is 348 g/mol. The van der Waals surface area contributed by atoms with Crippen LogP contribution in [0, 0.1) is 6.92 Å². The van der Waals surface area contributed by atoms with Gasteiger partial charge in [-0.1, -0.05) is 18.2 Å². The summed E-state index contributed by atoms with van der Waals surface area (Å²) in [4.78, 5) is 30.4. The summed E-state index contributed by atoms with van der Waals surface area (Å²) >= 11 is 0. The van der Waals surface area contributed by atoms with Crippen LogP contribution in [0.1, 0.15) is 22.0 Å². The fraction of sp³-hybridized carbons (Fsp3) is 0.111. The number of carbonyl (C=O) groups is 1. The van der Waals surface area contributed by atoms with Crippen LogP contribution in [-0.2, 0) is 6.54 Å². The molecular formula is C18H16N6O2. The van der Waals surface area contributed by atoms with E-state index in [2.05, 4.69) is 25.5 Å². The molecule has 0 saturated heterocycles. The van der Waals surface area contributed by atoms with Crippen LogP contribution in [0.25, 0.3) is 16.7 Å². The van der Waals surface area contributed by atoms with E-state index >= 15 is 0 Å². The van der Waals surface area contributed by atoms with E-state index < -0.39 is 5.69 Å². The van der Waals surface area contributed by atoms with Crippen LogP contribution in [0.2, 0.25) is 0 Å². The normalized spacial score (nSPS) is 11.0. The van der Waals surface area contributed by atoms with Gasteiger partial charge < -0.3 is 5.32 Å². The van der Waals surface area contributed by atoms with Crippen molar-refractivity contribution >= 4 is 16.9 Å². The SMILES string of the molecule is Cc1nc2cc(C(=O)NCc3n[nH]c(=O)[nH]3)ccc2n1-c1ccccc1. The zero-order chi connectivity index (χ0) is 18.1. The van der Waals surface area contributed by atoms with Crippen molar-refractivity contribution in [1.29, 1.82) is 0 Å². The maximum absolute atomic E-state index is 12.4. The number of amides is 1. The fourth-order valence-corrected chi connectivity index (χ4v) is 2.90. The van der Waals surface area contributed by atoms with Gasteiger partial charge in [-0.15, -0.1) is 0 Å². The molecule has 4 aromatic rings. The number of hydrogen-bond donors (Lipinski definition) is 3. The number of para-hydroxylation sites is 1. The van der Waals surface area contributed by atoms with Crippen LogP contribution >= 0.6 is 0 Å². The quantitative estimate of drug-likeness (QED) is 0.521. The third-order valence-electron chi connectivity index (χ3n) is 4.07. The molecule has 26 heavy (non-hydrogen) atoms. The molecule has 0 radical (unpaired) electrons. The first-order valence-electron chi connectivity index (χ1n) is 8.08. The molecule has 0 atom stereocenters. The predicted octanol–water partition coefficient (Wildman–Crippen LogP) is 1.68. The van der Waals surface area contributed by atoms with Gasteiger partial charge in [-0.25, -0.2) is 14.9 Å². The van der Waals surface area contributed by atoms with Crippen molar-refractivity contribution in [2.45, 2.75) is 13.5 Å². The summed E-state index contributed by atoms with van der Waals surface area (Å²) in [6.07, 6.45) is 0. The molecule has 0 fully saturated rings. The van der Waals surface area contributed by atoms with Crippen molar-refractivity contribution in [2.24, 2.45) is 0 Å². The molecule has 0 aliphatic heterocycles. The highest BCUT2D eigenvalue weighted by Crippen LogP contribution is 2.22. The van der Waals surface area contributed by atoms with Crippen LogP contribution in [0.4, 0.5) is 0 Å². The van der Waals surface area contributed by atoms with Gasteiger partial charge in [0.1, 0.15) is 11.6 Å². The Morgan fingerprint density at radius 1 is 1.19 bits per heavy atom. The summed E-state index contributed by atoms with van der Waals surface area (Å²) in [5, 5.41) is 8.73. The molecule has 130 valence electrons. The number of rotatable bonds is 4. The molecule has 3 N–H and O–H groups in total. The van der Waals surface area contributed by atoms with Crippen LogP contribution in [0.3, 0.4) is 0 Å². The average Bonchev–Trinajstić information content (AvgIpc) is 3.21. The van der Waals surface area contributed by atoms with Gasteiger partial charge in [-0.2, -0.15) is 5.10 Å². The summed E-state index contributed by atoms with van der Waals surface area (Å²) in [7, 11) is 0. The Morgan fingerprint density at radius 2 is 2.00 bits per heavy atom. The number of imidazole rings is 1. The first-order chi connectivity index (χ1) is 12.6. The second-order valence-electron chi connectivity index (χ2n) is 5.84. The van der Waals surface area contributed by atoms with E-state index in [9.17, 15) is 9.59 Å². The van der Waals surface area contributed by atoms with E-state index in [1.165, 1.54) is 0 Å². The maximum atomic E-state index is 12.4. The molecule has 0 aliphatic rings. The van der Waals surface area contributed by atoms with Gasteiger partial charge in [0, 0.05) is 11.3 Å². The zero-order valence-corrected chi connectivity index (χ0v) is 14.0. The number of H-pyrrole nitrogens is 2. The maximum Gasteiger partial charge on any atom is 0.340 e. The predicted molar refractivity (Wildman–Crippen MR) is 96.2 cm³/mol. The van der Waals surface area contributed by atoms with E-state index in [4.69, 9.17) is 0 Å². The standard InChI is InChI=1S/C18H16N6O2/c1-11-20-14-9-12(17(25)19-10-16-21-18(26)23-22-16)7-8-15(14)24(11)13-5-3-2-4-6-13/h2-9H,10H2,1H3,(H,19,25)(H2,21,22,23,26). The fourth-order valence-electron chi connectivity index (χ4n) is 2.90. The summed E-state index contributed by atoms with van der Waals surface area (Å²) in [6, 6.07) is 15.3. The third kappa shape index (κ3) is 2.88. The smallest absolute Gasteiger partial charge is 0.340 e. The molecule has 0 unspecified atom stereocenters. The number of nitrogens with zero attached hydrogens (tertiary/aromatic N) is 3. The van der Waals surface area contributed by atoms with Crippen LogP contribution in [0.5, 0.6) is 0 Å². The number of aromatic amines is 2. The first-order valence-corrected chi connectivity index (χ1v) is 8.08. The molecule has 2 heterocycles. The second kappa shape index (κ2) is 6.32. The van der Waals surface area contributed by atoms with Gasteiger partial charge in [0.05, 0.1) is 17.6 Å². The lowest BCUT2D eigenvalue weighted by atomic mass is 10.2. The highest BCUT2D eigenvalue weighted by atomic mass is 16.2. The van der Waals surface area contributed by atoms with E-state index in [-0.39, 0.29) is 12.5 Å². The minimum atomic E-state index is -0.405. The minimum Gasteiger partial charge on any atom is -0.345 e. The van der Waals surface area contributed by atoms with Crippen LogP contribution in [-0.4, -0.2) is 30.6 Å². The first kappa shape index (κ1) is 15.8. The van der Waals surface area contributed by atoms with Crippen molar-refractivity contribution in [3.8, 4) is 5.69 Å². The molecule has 2 aromatic heterocycles. The zero-order valence-electron chi connectivity index (χ0n) is 14.0. The van der Waals surface area contributed by atoms with Crippen LogP contribution in [0.15, 0.2) is 53.3 Å². The molecule has 0 bridgehead atoms. The lowest BCUT2D eigenvalue weighted by Gasteiger charge is -2.07. The Bertz CT molecular complexity index is 1140. The summed E-state index contributed by atoms with van der Waals surface area (Å²) in [6.45, 7) is 2.06. The molecule has 8 heteroatoms. The lowest BCUT2D eigenvalue weighted by Crippen LogP contribution is -2.23. The summed E-state index contributed by atoms with van der Waals surface area (Å²) in [5.41, 5.74) is 2.78. The number of carbonyl (C=O) groups excluding carboxylic acids is 1. The molecular weight excluding hydrogens is 332 g/mol. The van der Waals surface area contributed by atoms with E-state index in [0.29, 0.717) is 11.4 Å². The summed E-state index contributed by atoms with van der Waals surface area (Å²) in [5.74, 6) is 0.953. The van der Waals surface area contributed by atoms with E-state index in [1.807, 2.05) is 47.9 Å². The van der Waals surface area contributed by atoms with Gasteiger partial charge in [0.2, 0.25) is 0 Å². The molecule has 0 aliphatic carbocycles. The largest absolute Gasteiger partial charge is 0.345 e. The van der Waals surface area contributed by atoms with Gasteiger partial charge in [-0.05, 0) is 37.3 Å². The van der Waals surface area contributed by atoms with Crippen molar-refractivity contribution < 1.29 is 4.79 Å². The van der Waals surface area contributed by atoms with Crippen molar-refractivity contribution in [1.82, 2.24) is 30.0 Å². The second-order valence-corrected chi connectivity index (χ2v) is 5.84. The summed E-state index contributed by atoms with van der Waals surface area (Å²) < 4.78 is 2.05. The molecule has 0 saturated carbocycles. The molecule has 8 nitrogen and oxygen atoms in total. The minimum absolute atomic E-state index is 0.132. The molecule has 4 rings (SSSR count).